The molecule has 3 saturated carbocycles. The monoisotopic (exact) mass is 536 g/mol. The van der Waals surface area contributed by atoms with Gasteiger partial charge in [-0.3, -0.25) is 0 Å². The van der Waals surface area contributed by atoms with Crippen molar-refractivity contribution in [2.45, 2.75) is 116 Å². The Kier molecular flexibility index (Phi) is 6.66. The van der Waals surface area contributed by atoms with E-state index < -0.39 is 29.4 Å². The average molecular weight is 537 g/mol. The smallest absolute Gasteiger partial charge is 0.414 e. The first-order chi connectivity index (χ1) is 15.8. The molecule has 2 unspecified atom stereocenters. The van der Waals surface area contributed by atoms with Crippen molar-refractivity contribution in [1.29, 1.82) is 0 Å². The molecule has 0 heterocycles. The standard InChI is InChI=1S/C26H43F3O4SSi/c1-23(2,3)35(6,7)33-18-12-14-24(4)17(16-18)8-9-19-20-10-11-22(25(20,5)15-13-21(19)24)32-34(30,31)26(27,28)29/h11,17-21H,8-10,12-16H2,1-7H3/t17?,18-,19-,20?,21-,24-,25-/m0/s1. The summed E-state index contributed by atoms with van der Waals surface area (Å²) < 4.78 is 74.0. The van der Waals surface area contributed by atoms with E-state index in [2.05, 4.69) is 40.8 Å². The molecule has 4 rings (SSSR count). The molecule has 4 nitrogen and oxygen atoms in total. The van der Waals surface area contributed by atoms with E-state index in [4.69, 9.17) is 8.61 Å². The molecule has 0 amide bonds. The summed E-state index contributed by atoms with van der Waals surface area (Å²) in [7, 11) is -7.47. The van der Waals surface area contributed by atoms with Crippen molar-refractivity contribution >= 4 is 18.4 Å². The van der Waals surface area contributed by atoms with Gasteiger partial charge < -0.3 is 8.61 Å². The van der Waals surface area contributed by atoms with Crippen molar-refractivity contribution in [1.82, 2.24) is 0 Å². The van der Waals surface area contributed by atoms with Gasteiger partial charge in [0.15, 0.2) is 8.32 Å². The summed E-state index contributed by atoms with van der Waals surface area (Å²) in [5.41, 5.74) is -5.85. The van der Waals surface area contributed by atoms with Crippen LogP contribution in [0.3, 0.4) is 0 Å². The lowest BCUT2D eigenvalue weighted by Gasteiger charge is -2.61. The summed E-state index contributed by atoms with van der Waals surface area (Å²) in [6.45, 7) is 15.8. The zero-order valence-corrected chi connectivity index (χ0v) is 24.1. The Morgan fingerprint density at radius 2 is 1.66 bits per heavy atom. The van der Waals surface area contributed by atoms with Crippen LogP contribution in [0.4, 0.5) is 13.2 Å². The van der Waals surface area contributed by atoms with Crippen LogP contribution in [-0.4, -0.2) is 28.3 Å². The lowest BCUT2D eigenvalue weighted by molar-refractivity contribution is -0.119. The molecule has 9 heteroatoms. The number of hydrogen-bond donors (Lipinski definition) is 0. The highest BCUT2D eigenvalue weighted by Gasteiger charge is 2.61. The molecular weight excluding hydrogens is 493 g/mol. The number of halogens is 3. The topological polar surface area (TPSA) is 52.6 Å². The van der Waals surface area contributed by atoms with Gasteiger partial charge in [0.05, 0.1) is 0 Å². The molecule has 4 aliphatic rings. The van der Waals surface area contributed by atoms with Crippen LogP contribution >= 0.6 is 0 Å². The van der Waals surface area contributed by atoms with Crippen molar-refractivity contribution in [3.63, 3.8) is 0 Å². The van der Waals surface area contributed by atoms with Crippen LogP contribution in [0.15, 0.2) is 11.8 Å². The first-order valence-electron chi connectivity index (χ1n) is 13.2. The van der Waals surface area contributed by atoms with Crippen molar-refractivity contribution in [2.24, 2.45) is 34.5 Å². The van der Waals surface area contributed by atoms with E-state index in [1.165, 1.54) is 0 Å². The van der Waals surface area contributed by atoms with E-state index in [1.54, 1.807) is 6.08 Å². The highest BCUT2D eigenvalue weighted by molar-refractivity contribution is 7.87. The van der Waals surface area contributed by atoms with Gasteiger partial charge in [0.25, 0.3) is 0 Å². The molecule has 7 atom stereocenters. The Bertz CT molecular complexity index is 970. The van der Waals surface area contributed by atoms with Gasteiger partial charge in [-0.1, -0.05) is 34.6 Å². The molecule has 0 radical (unpaired) electrons. The lowest BCUT2D eigenvalue weighted by atomic mass is 9.45. The predicted molar refractivity (Wildman–Crippen MR) is 133 cm³/mol. The number of hydrogen-bond acceptors (Lipinski definition) is 4. The summed E-state index contributed by atoms with van der Waals surface area (Å²) in [6, 6.07) is 0. The SMILES string of the molecule is CC(C)(C)[Si](C)(C)O[C@H]1CC[C@@]2(C)C(CC[C@H]3C4CC=C(OS(=O)(=O)C(F)(F)F)[C@@]4(C)CC[C@@H]32)C1. The van der Waals surface area contributed by atoms with Crippen LogP contribution in [0.1, 0.15) is 86.0 Å². The molecule has 35 heavy (non-hydrogen) atoms. The largest absolute Gasteiger partial charge is 0.534 e. The third-order valence-electron chi connectivity index (χ3n) is 10.9. The molecular formula is C26H43F3O4SSi. The van der Waals surface area contributed by atoms with Crippen LogP contribution in [0.2, 0.25) is 18.1 Å². The second-order valence-electron chi connectivity index (χ2n) is 13.7. The summed E-state index contributed by atoms with van der Waals surface area (Å²) >= 11 is 0. The third-order valence-corrected chi connectivity index (χ3v) is 16.4. The highest BCUT2D eigenvalue weighted by atomic mass is 32.2. The van der Waals surface area contributed by atoms with Gasteiger partial charge in [0.1, 0.15) is 5.76 Å². The second-order valence-corrected chi connectivity index (χ2v) is 20.0. The fourth-order valence-electron chi connectivity index (χ4n) is 7.74. The van der Waals surface area contributed by atoms with Crippen molar-refractivity contribution in [2.75, 3.05) is 0 Å². The number of alkyl halides is 3. The fourth-order valence-corrected chi connectivity index (χ4v) is 9.73. The Morgan fingerprint density at radius 3 is 2.26 bits per heavy atom. The first kappa shape index (κ1) is 27.5. The van der Waals surface area contributed by atoms with Gasteiger partial charge in [-0.05, 0) is 105 Å². The minimum Gasteiger partial charge on any atom is -0.414 e. The van der Waals surface area contributed by atoms with E-state index in [9.17, 15) is 21.6 Å². The maximum Gasteiger partial charge on any atom is 0.534 e. The van der Waals surface area contributed by atoms with Gasteiger partial charge >= 0.3 is 15.6 Å². The Balaban J connectivity index is 1.48. The average Bonchev–Trinajstić information content (AvgIpc) is 3.02. The molecule has 4 aliphatic carbocycles. The van der Waals surface area contributed by atoms with Crippen LogP contribution in [0, 0.1) is 34.5 Å². The van der Waals surface area contributed by atoms with Crippen LogP contribution in [-0.2, 0) is 18.7 Å². The number of rotatable bonds is 4. The van der Waals surface area contributed by atoms with Gasteiger partial charge in [0, 0.05) is 11.5 Å². The molecule has 0 aromatic rings. The Labute approximate surface area is 210 Å². The lowest BCUT2D eigenvalue weighted by Crippen LogP contribution is -2.55. The quantitative estimate of drug-likeness (QED) is 0.209. The molecule has 3 fully saturated rings. The normalized spacial score (nSPS) is 40.4. The predicted octanol–water partition coefficient (Wildman–Crippen LogP) is 7.78. The van der Waals surface area contributed by atoms with Crippen molar-refractivity contribution in [3.8, 4) is 0 Å². The summed E-state index contributed by atoms with van der Waals surface area (Å²) in [5.74, 6) is 1.65. The van der Waals surface area contributed by atoms with Crippen LogP contribution in [0.5, 0.6) is 0 Å². The number of fused-ring (bicyclic) bond motifs is 5. The summed E-state index contributed by atoms with van der Waals surface area (Å²) in [6.07, 6.45) is 9.57. The maximum absolute atomic E-state index is 13.0. The molecule has 0 aromatic heterocycles. The zero-order valence-electron chi connectivity index (χ0n) is 22.3. The van der Waals surface area contributed by atoms with E-state index in [1.807, 2.05) is 6.92 Å². The fraction of sp³-hybridized carbons (Fsp3) is 0.923. The molecule has 0 N–H and O–H groups in total. The van der Waals surface area contributed by atoms with E-state index >= 15 is 0 Å². The van der Waals surface area contributed by atoms with E-state index in [0.717, 1.165) is 38.5 Å². The molecule has 0 bridgehead atoms. The Morgan fingerprint density at radius 1 is 1.00 bits per heavy atom. The van der Waals surface area contributed by atoms with Gasteiger partial charge in [-0.15, -0.1) is 0 Å². The van der Waals surface area contributed by atoms with Gasteiger partial charge in [0.2, 0.25) is 0 Å². The maximum atomic E-state index is 13.0. The zero-order chi connectivity index (χ0) is 26.2. The van der Waals surface area contributed by atoms with Crippen LogP contribution < -0.4 is 0 Å². The molecule has 0 spiro atoms. The molecule has 0 saturated heterocycles. The number of allylic oxidation sites excluding steroid dienone is 2. The molecule has 0 aliphatic heterocycles. The molecule has 202 valence electrons. The van der Waals surface area contributed by atoms with Crippen molar-refractivity contribution < 1.29 is 30.2 Å². The second kappa shape index (κ2) is 8.48. The van der Waals surface area contributed by atoms with E-state index in [-0.39, 0.29) is 22.1 Å². The van der Waals surface area contributed by atoms with Gasteiger partial charge in [-0.25, -0.2) is 0 Å². The van der Waals surface area contributed by atoms with Crippen LogP contribution in [0.25, 0.3) is 0 Å². The first-order valence-corrected chi connectivity index (χ1v) is 17.5. The summed E-state index contributed by atoms with van der Waals surface area (Å²) in [4.78, 5) is 0. The Hall–Kier alpha value is -0.543. The van der Waals surface area contributed by atoms with Gasteiger partial charge in [-0.2, -0.15) is 21.6 Å². The van der Waals surface area contributed by atoms with E-state index in [0.29, 0.717) is 36.7 Å². The summed E-state index contributed by atoms with van der Waals surface area (Å²) in [5, 5.41) is 0.189. The highest BCUT2D eigenvalue weighted by Crippen LogP contribution is 2.66. The van der Waals surface area contributed by atoms with Crippen molar-refractivity contribution in [3.05, 3.63) is 11.8 Å². The molecule has 0 aromatic carbocycles. The minimum absolute atomic E-state index is 0.0111. The minimum atomic E-state index is -5.64. The third kappa shape index (κ3) is 4.53.